The second-order valence-corrected chi connectivity index (χ2v) is 7.47. The molecule has 4 nitrogen and oxygen atoms in total. The zero-order chi connectivity index (χ0) is 20.1. The molecule has 2 aromatic carbocycles. The Bertz CT molecular complexity index is 844. The Kier molecular flexibility index (Phi) is 6.45. The van der Waals surface area contributed by atoms with Crippen molar-refractivity contribution in [1.29, 1.82) is 0 Å². The molecule has 3 rings (SSSR count). The molecule has 1 N–H and O–H groups in total. The number of halogens is 1. The van der Waals surface area contributed by atoms with Crippen molar-refractivity contribution in [2.75, 3.05) is 16.8 Å². The molecule has 28 heavy (non-hydrogen) atoms. The average Bonchev–Trinajstić information content (AvgIpc) is 2.68. The lowest BCUT2D eigenvalue weighted by Crippen LogP contribution is -2.39. The molecule has 2 aromatic rings. The van der Waals surface area contributed by atoms with Gasteiger partial charge in [0, 0.05) is 29.8 Å². The van der Waals surface area contributed by atoms with Gasteiger partial charge in [-0.25, -0.2) is 4.39 Å². The van der Waals surface area contributed by atoms with Gasteiger partial charge in [-0.15, -0.1) is 0 Å². The third kappa shape index (κ3) is 4.77. The van der Waals surface area contributed by atoms with Crippen LogP contribution in [0.3, 0.4) is 0 Å². The van der Waals surface area contributed by atoms with Crippen LogP contribution in [0.2, 0.25) is 0 Å². The Morgan fingerprint density at radius 3 is 2.36 bits per heavy atom. The first kappa shape index (κ1) is 20.1. The third-order valence-corrected chi connectivity index (χ3v) is 5.43. The Balaban J connectivity index is 1.58. The minimum absolute atomic E-state index is 0.0568. The maximum Gasteiger partial charge on any atom is 0.230 e. The molecule has 1 fully saturated rings. The maximum absolute atomic E-state index is 13.3. The molecular weight excluding hydrogens is 355 g/mol. The summed E-state index contributed by atoms with van der Waals surface area (Å²) in [6.07, 6.45) is 2.73. The van der Waals surface area contributed by atoms with E-state index in [-0.39, 0.29) is 29.5 Å². The second kappa shape index (κ2) is 9.00. The van der Waals surface area contributed by atoms with Crippen molar-refractivity contribution in [2.45, 2.75) is 39.5 Å². The van der Waals surface area contributed by atoms with Crippen LogP contribution in [0.25, 0.3) is 0 Å². The number of benzene rings is 2. The first-order chi connectivity index (χ1) is 13.5. The molecule has 0 atom stereocenters. The molecule has 0 unspecified atom stereocenters. The van der Waals surface area contributed by atoms with E-state index in [1.54, 1.807) is 12.1 Å². The standard InChI is InChI=1S/C23H27FN2O2/c1-3-26(21-9-4-6-16(2)14-21)23(28)18-12-10-17(11-13-18)22(27)25-20-8-5-7-19(24)15-20/h4-9,14-15,17-18H,3,10-13H2,1-2H3,(H,25,27). The molecule has 0 aliphatic heterocycles. The molecular formula is C23H27FN2O2. The van der Waals surface area contributed by atoms with Gasteiger partial charge in [-0.3, -0.25) is 9.59 Å². The van der Waals surface area contributed by atoms with Crippen molar-refractivity contribution < 1.29 is 14.0 Å². The number of hydrogen-bond acceptors (Lipinski definition) is 2. The van der Waals surface area contributed by atoms with Gasteiger partial charge < -0.3 is 10.2 Å². The van der Waals surface area contributed by atoms with E-state index in [0.29, 0.717) is 37.9 Å². The smallest absolute Gasteiger partial charge is 0.230 e. The Morgan fingerprint density at radius 1 is 1.04 bits per heavy atom. The minimum Gasteiger partial charge on any atom is -0.326 e. The van der Waals surface area contributed by atoms with Gasteiger partial charge in [0.05, 0.1) is 0 Å². The van der Waals surface area contributed by atoms with Crippen LogP contribution in [0.15, 0.2) is 48.5 Å². The number of rotatable bonds is 5. The van der Waals surface area contributed by atoms with Crippen LogP contribution >= 0.6 is 0 Å². The minimum atomic E-state index is -0.372. The molecule has 1 aliphatic carbocycles. The van der Waals surface area contributed by atoms with Gasteiger partial charge >= 0.3 is 0 Å². The molecule has 0 saturated heterocycles. The van der Waals surface area contributed by atoms with Gasteiger partial charge in [0.2, 0.25) is 11.8 Å². The largest absolute Gasteiger partial charge is 0.326 e. The van der Waals surface area contributed by atoms with Gasteiger partial charge in [-0.1, -0.05) is 18.2 Å². The van der Waals surface area contributed by atoms with E-state index in [9.17, 15) is 14.0 Å². The quantitative estimate of drug-likeness (QED) is 0.797. The fourth-order valence-electron chi connectivity index (χ4n) is 3.90. The van der Waals surface area contributed by atoms with Crippen LogP contribution in [-0.2, 0) is 9.59 Å². The number of nitrogens with one attached hydrogen (secondary N) is 1. The molecule has 148 valence electrons. The van der Waals surface area contributed by atoms with Crippen molar-refractivity contribution in [3.8, 4) is 0 Å². The molecule has 2 amide bonds. The van der Waals surface area contributed by atoms with E-state index in [0.717, 1.165) is 11.3 Å². The van der Waals surface area contributed by atoms with Gasteiger partial charge in [-0.05, 0) is 75.4 Å². The number of hydrogen-bond donors (Lipinski definition) is 1. The number of anilines is 2. The van der Waals surface area contributed by atoms with Gasteiger partial charge in [0.1, 0.15) is 5.82 Å². The van der Waals surface area contributed by atoms with Crippen LogP contribution in [-0.4, -0.2) is 18.4 Å². The highest BCUT2D eigenvalue weighted by Gasteiger charge is 2.32. The molecule has 1 saturated carbocycles. The zero-order valence-corrected chi connectivity index (χ0v) is 16.5. The number of aryl methyl sites for hydroxylation is 1. The maximum atomic E-state index is 13.3. The topological polar surface area (TPSA) is 49.4 Å². The summed E-state index contributed by atoms with van der Waals surface area (Å²) >= 11 is 0. The number of nitrogens with zero attached hydrogens (tertiary/aromatic N) is 1. The van der Waals surface area contributed by atoms with E-state index in [2.05, 4.69) is 5.32 Å². The van der Waals surface area contributed by atoms with Crippen LogP contribution < -0.4 is 10.2 Å². The fourth-order valence-corrected chi connectivity index (χ4v) is 3.90. The molecule has 5 heteroatoms. The van der Waals surface area contributed by atoms with Crippen molar-refractivity contribution in [3.63, 3.8) is 0 Å². The van der Waals surface area contributed by atoms with Crippen molar-refractivity contribution in [2.24, 2.45) is 11.8 Å². The van der Waals surface area contributed by atoms with Crippen molar-refractivity contribution in [3.05, 3.63) is 59.9 Å². The van der Waals surface area contributed by atoms with E-state index in [1.165, 1.54) is 12.1 Å². The lowest BCUT2D eigenvalue weighted by Gasteiger charge is -2.31. The highest BCUT2D eigenvalue weighted by atomic mass is 19.1. The number of carbonyl (C=O) groups excluding carboxylic acids is 2. The highest BCUT2D eigenvalue weighted by molar-refractivity contribution is 5.96. The summed E-state index contributed by atoms with van der Waals surface area (Å²) in [5.74, 6) is -0.525. The molecule has 0 heterocycles. The summed E-state index contributed by atoms with van der Waals surface area (Å²) in [5, 5.41) is 2.79. The Labute approximate surface area is 165 Å². The summed E-state index contributed by atoms with van der Waals surface area (Å²) in [7, 11) is 0. The summed E-state index contributed by atoms with van der Waals surface area (Å²) in [6.45, 7) is 4.63. The zero-order valence-electron chi connectivity index (χ0n) is 16.5. The monoisotopic (exact) mass is 382 g/mol. The predicted octanol–water partition coefficient (Wildman–Crippen LogP) is 4.93. The first-order valence-corrected chi connectivity index (χ1v) is 9.92. The highest BCUT2D eigenvalue weighted by Crippen LogP contribution is 2.32. The average molecular weight is 382 g/mol. The normalized spacial score (nSPS) is 19.1. The van der Waals surface area contributed by atoms with Crippen LogP contribution in [0.5, 0.6) is 0 Å². The first-order valence-electron chi connectivity index (χ1n) is 9.92. The molecule has 0 spiro atoms. The van der Waals surface area contributed by atoms with Crippen molar-refractivity contribution in [1.82, 2.24) is 0 Å². The van der Waals surface area contributed by atoms with Crippen LogP contribution in [0, 0.1) is 24.6 Å². The number of carbonyl (C=O) groups is 2. The third-order valence-electron chi connectivity index (χ3n) is 5.43. The number of amides is 2. The molecule has 1 aliphatic rings. The predicted molar refractivity (Wildman–Crippen MR) is 110 cm³/mol. The van der Waals surface area contributed by atoms with Crippen LogP contribution in [0.1, 0.15) is 38.2 Å². The molecule has 0 radical (unpaired) electrons. The summed E-state index contributed by atoms with van der Waals surface area (Å²) in [4.78, 5) is 27.3. The molecule has 0 bridgehead atoms. The van der Waals surface area contributed by atoms with E-state index >= 15 is 0 Å². The Hall–Kier alpha value is -2.69. The lowest BCUT2D eigenvalue weighted by molar-refractivity contribution is -0.126. The second-order valence-electron chi connectivity index (χ2n) is 7.47. The fraction of sp³-hybridized carbons (Fsp3) is 0.391. The van der Waals surface area contributed by atoms with Gasteiger partial charge in [0.15, 0.2) is 0 Å². The summed E-state index contributed by atoms with van der Waals surface area (Å²) in [5.41, 5.74) is 2.53. The SMILES string of the molecule is CCN(C(=O)C1CCC(C(=O)Nc2cccc(F)c2)CC1)c1cccc(C)c1. The Morgan fingerprint density at radius 2 is 1.71 bits per heavy atom. The molecule has 0 aromatic heterocycles. The van der Waals surface area contributed by atoms with E-state index in [1.807, 2.05) is 43.0 Å². The van der Waals surface area contributed by atoms with E-state index in [4.69, 9.17) is 0 Å². The van der Waals surface area contributed by atoms with Gasteiger partial charge in [0.25, 0.3) is 0 Å². The van der Waals surface area contributed by atoms with Gasteiger partial charge in [-0.2, -0.15) is 0 Å². The lowest BCUT2D eigenvalue weighted by atomic mass is 9.80. The summed E-state index contributed by atoms with van der Waals surface area (Å²) in [6, 6.07) is 13.9. The van der Waals surface area contributed by atoms with Crippen molar-refractivity contribution >= 4 is 23.2 Å². The van der Waals surface area contributed by atoms with E-state index < -0.39 is 0 Å². The summed E-state index contributed by atoms with van der Waals surface area (Å²) < 4.78 is 13.3. The van der Waals surface area contributed by atoms with Crippen LogP contribution in [0.4, 0.5) is 15.8 Å².